The summed E-state index contributed by atoms with van der Waals surface area (Å²) in [5.74, 6) is -0.730. The van der Waals surface area contributed by atoms with Gasteiger partial charge in [-0.3, -0.25) is 10.2 Å². The third kappa shape index (κ3) is 1.77. The van der Waals surface area contributed by atoms with Gasteiger partial charge in [0.25, 0.3) is 5.91 Å². The highest BCUT2D eigenvalue weighted by molar-refractivity contribution is 6.38. The summed E-state index contributed by atoms with van der Waals surface area (Å²) in [4.78, 5) is 11.0. The van der Waals surface area contributed by atoms with E-state index < -0.39 is 5.91 Å². The molecule has 82 valence electrons. The molecule has 0 aliphatic heterocycles. The van der Waals surface area contributed by atoms with Crippen LogP contribution in [0.15, 0.2) is 22.6 Å². The van der Waals surface area contributed by atoms with Crippen LogP contribution < -0.4 is 11.3 Å². The molecule has 0 radical (unpaired) electrons. The van der Waals surface area contributed by atoms with Crippen LogP contribution in [-0.4, -0.2) is 5.91 Å². The second kappa shape index (κ2) is 3.81. The van der Waals surface area contributed by atoms with Crippen LogP contribution >= 0.6 is 23.2 Å². The molecule has 0 saturated heterocycles. The molecule has 0 unspecified atom stereocenters. The van der Waals surface area contributed by atoms with Gasteiger partial charge in [0, 0.05) is 10.4 Å². The zero-order valence-electron chi connectivity index (χ0n) is 7.88. The van der Waals surface area contributed by atoms with Gasteiger partial charge in [-0.15, -0.1) is 0 Å². The van der Waals surface area contributed by atoms with Crippen LogP contribution in [0.1, 0.15) is 10.4 Å². The van der Waals surface area contributed by atoms with Gasteiger partial charge in [0.1, 0.15) is 5.56 Å². The zero-order chi connectivity index (χ0) is 11.9. The van der Waals surface area contributed by atoms with Gasteiger partial charge in [0.2, 0.25) is 5.55 Å². The van der Waals surface area contributed by atoms with Crippen molar-refractivity contribution < 1.29 is 9.21 Å². The van der Waals surface area contributed by atoms with Gasteiger partial charge in [-0.05, 0) is 18.2 Å². The zero-order valence-corrected chi connectivity index (χ0v) is 9.39. The maximum Gasteiger partial charge on any atom is 0.254 e. The molecule has 1 aromatic heterocycles. The Balaban J connectivity index is 2.90. The molecule has 2 aromatic rings. The number of carbonyl (C=O) groups is 1. The van der Waals surface area contributed by atoms with Gasteiger partial charge in [-0.25, -0.2) is 0 Å². The number of benzene rings is 1. The fourth-order valence-corrected chi connectivity index (χ4v) is 1.90. The third-order valence-electron chi connectivity index (χ3n) is 2.05. The lowest BCUT2D eigenvalue weighted by Crippen LogP contribution is -2.20. The molecule has 16 heavy (non-hydrogen) atoms. The first-order valence-corrected chi connectivity index (χ1v) is 5.02. The number of fused-ring (bicyclic) bond motifs is 1. The molecule has 0 spiro atoms. The van der Waals surface area contributed by atoms with Gasteiger partial charge in [0.15, 0.2) is 5.58 Å². The molecule has 1 aromatic carbocycles. The normalized spacial score (nSPS) is 10.6. The quantitative estimate of drug-likeness (QED) is 0.821. The molecular formula is C10H6Cl2N2O2. The van der Waals surface area contributed by atoms with Crippen molar-refractivity contribution in [3.63, 3.8) is 0 Å². The van der Waals surface area contributed by atoms with Gasteiger partial charge >= 0.3 is 0 Å². The summed E-state index contributed by atoms with van der Waals surface area (Å²) in [5, 5.41) is 8.71. The van der Waals surface area contributed by atoms with Crippen LogP contribution in [0.25, 0.3) is 11.0 Å². The first-order valence-electron chi connectivity index (χ1n) is 4.26. The fourth-order valence-electron chi connectivity index (χ4n) is 1.36. The molecule has 4 nitrogen and oxygen atoms in total. The van der Waals surface area contributed by atoms with Crippen molar-refractivity contribution >= 4 is 40.1 Å². The number of nitrogens with one attached hydrogen (secondary N) is 1. The average molecular weight is 257 g/mol. The minimum Gasteiger partial charge on any atom is -0.437 e. The topological polar surface area (TPSA) is 80.1 Å². The van der Waals surface area contributed by atoms with E-state index >= 15 is 0 Å². The maximum atomic E-state index is 11.0. The second-order valence-corrected chi connectivity index (χ2v) is 4.00. The van der Waals surface area contributed by atoms with Crippen molar-refractivity contribution in [2.75, 3.05) is 0 Å². The summed E-state index contributed by atoms with van der Waals surface area (Å²) < 4.78 is 5.12. The van der Waals surface area contributed by atoms with E-state index in [0.717, 1.165) is 0 Å². The molecule has 0 saturated carbocycles. The summed E-state index contributed by atoms with van der Waals surface area (Å²) in [5.41, 5.74) is 5.08. The molecule has 0 aliphatic rings. The van der Waals surface area contributed by atoms with Gasteiger partial charge in [-0.1, -0.05) is 23.2 Å². The van der Waals surface area contributed by atoms with Crippen molar-refractivity contribution in [3.05, 3.63) is 39.4 Å². The van der Waals surface area contributed by atoms with Crippen molar-refractivity contribution in [2.45, 2.75) is 0 Å². The van der Waals surface area contributed by atoms with E-state index in [9.17, 15) is 4.79 Å². The first kappa shape index (κ1) is 11.0. The Morgan fingerprint density at radius 1 is 1.31 bits per heavy atom. The van der Waals surface area contributed by atoms with E-state index in [4.69, 9.17) is 38.8 Å². The van der Waals surface area contributed by atoms with Gasteiger partial charge in [-0.2, -0.15) is 0 Å². The smallest absolute Gasteiger partial charge is 0.254 e. The van der Waals surface area contributed by atoms with E-state index in [1.807, 2.05) is 0 Å². The summed E-state index contributed by atoms with van der Waals surface area (Å²) in [7, 11) is 0. The van der Waals surface area contributed by atoms with Gasteiger partial charge in [0.05, 0.1) is 5.02 Å². The Bertz CT molecular complexity index is 649. The molecule has 0 atom stereocenters. The number of amides is 1. The third-order valence-corrected chi connectivity index (χ3v) is 2.55. The Morgan fingerprint density at radius 3 is 2.62 bits per heavy atom. The number of nitrogens with two attached hydrogens (primary N) is 1. The summed E-state index contributed by atoms with van der Waals surface area (Å²) in [6.45, 7) is 0. The number of halogens is 2. The largest absolute Gasteiger partial charge is 0.437 e. The molecule has 2 rings (SSSR count). The van der Waals surface area contributed by atoms with E-state index in [0.29, 0.717) is 16.0 Å². The van der Waals surface area contributed by atoms with Crippen LogP contribution in [0.3, 0.4) is 0 Å². The Hall–Kier alpha value is -1.52. The van der Waals surface area contributed by atoms with Gasteiger partial charge < -0.3 is 10.2 Å². The highest BCUT2D eigenvalue weighted by Crippen LogP contribution is 2.27. The maximum absolute atomic E-state index is 11.0. The minimum absolute atomic E-state index is 0.00849. The Labute approximate surface area is 100 Å². The standard InChI is InChI=1S/C10H6Cl2N2O2/c11-5-1-4-2-6(9(13)15)10(14)16-8(4)7(12)3-5/h1-3,14H,(H2,13,15). The minimum atomic E-state index is -0.730. The lowest BCUT2D eigenvalue weighted by molar-refractivity contribution is 0.0996. The summed E-state index contributed by atoms with van der Waals surface area (Å²) in [6.07, 6.45) is 0. The van der Waals surface area contributed by atoms with E-state index in [1.54, 1.807) is 6.07 Å². The number of hydrogen-bond donors (Lipinski definition) is 2. The number of carbonyl (C=O) groups excluding carboxylic acids is 1. The lowest BCUT2D eigenvalue weighted by atomic mass is 10.2. The lowest BCUT2D eigenvalue weighted by Gasteiger charge is -2.02. The van der Waals surface area contributed by atoms with Crippen LogP contribution in [0, 0.1) is 5.41 Å². The molecule has 0 fully saturated rings. The van der Waals surface area contributed by atoms with E-state index in [1.165, 1.54) is 12.1 Å². The fraction of sp³-hybridized carbons (Fsp3) is 0. The van der Waals surface area contributed by atoms with E-state index in [2.05, 4.69) is 0 Å². The average Bonchev–Trinajstić information content (AvgIpc) is 2.18. The van der Waals surface area contributed by atoms with Crippen LogP contribution in [-0.2, 0) is 0 Å². The summed E-state index contributed by atoms with van der Waals surface area (Å²) in [6, 6.07) is 4.51. The number of primary amides is 1. The van der Waals surface area contributed by atoms with Crippen molar-refractivity contribution in [1.82, 2.24) is 0 Å². The Morgan fingerprint density at radius 2 is 2.00 bits per heavy atom. The van der Waals surface area contributed by atoms with Crippen molar-refractivity contribution in [3.8, 4) is 0 Å². The van der Waals surface area contributed by atoms with Crippen molar-refractivity contribution in [1.29, 1.82) is 5.41 Å². The number of rotatable bonds is 1. The summed E-state index contributed by atoms with van der Waals surface area (Å²) >= 11 is 11.7. The molecule has 3 N–H and O–H groups in total. The molecule has 1 heterocycles. The van der Waals surface area contributed by atoms with Crippen molar-refractivity contribution in [2.24, 2.45) is 5.73 Å². The molecule has 0 aliphatic carbocycles. The molecular weight excluding hydrogens is 251 g/mol. The molecule has 0 bridgehead atoms. The molecule has 1 amide bonds. The monoisotopic (exact) mass is 256 g/mol. The second-order valence-electron chi connectivity index (χ2n) is 3.16. The predicted octanol–water partition coefficient (Wildman–Crippen LogP) is 2.32. The highest BCUT2D eigenvalue weighted by Gasteiger charge is 2.10. The van der Waals surface area contributed by atoms with E-state index in [-0.39, 0.29) is 16.1 Å². The van der Waals surface area contributed by atoms with Crippen LogP contribution in [0.2, 0.25) is 10.0 Å². The van der Waals surface area contributed by atoms with Crippen LogP contribution in [0.4, 0.5) is 0 Å². The highest BCUT2D eigenvalue weighted by atomic mass is 35.5. The SMILES string of the molecule is N=c1oc2c(Cl)cc(Cl)cc2cc1C(N)=O. The predicted molar refractivity (Wildman–Crippen MR) is 60.6 cm³/mol. The van der Waals surface area contributed by atoms with Crippen LogP contribution in [0.5, 0.6) is 0 Å². The number of hydrogen-bond acceptors (Lipinski definition) is 3. The molecule has 6 heteroatoms. The Kier molecular flexibility index (Phi) is 2.61. The first-order chi connectivity index (χ1) is 7.49.